The maximum atomic E-state index is 5.74. The fourth-order valence-corrected chi connectivity index (χ4v) is 1.52. The van der Waals surface area contributed by atoms with Crippen molar-refractivity contribution in [1.82, 2.24) is 20.2 Å². The summed E-state index contributed by atoms with van der Waals surface area (Å²) in [7, 11) is 0. The first-order valence-electron chi connectivity index (χ1n) is 4.52. The highest BCUT2D eigenvalue weighted by molar-refractivity contribution is 6.29. The van der Waals surface area contributed by atoms with Crippen LogP contribution in [0.1, 0.15) is 0 Å². The van der Waals surface area contributed by atoms with Gasteiger partial charge < -0.3 is 4.42 Å². The van der Waals surface area contributed by atoms with Gasteiger partial charge in [0.2, 0.25) is 0 Å². The molecule has 6 heteroatoms. The predicted molar refractivity (Wildman–Crippen MR) is 57.8 cm³/mol. The molecule has 0 bridgehead atoms. The number of nitrogens with zero attached hydrogens (tertiary/aromatic N) is 4. The van der Waals surface area contributed by atoms with Crippen LogP contribution in [0.4, 0.5) is 0 Å². The molecule has 0 unspecified atom stereocenters. The summed E-state index contributed by atoms with van der Waals surface area (Å²) in [5, 5.41) is 7.94. The number of hydrogen-bond acceptors (Lipinski definition) is 5. The molecular formula is C10H5ClN4O. The van der Waals surface area contributed by atoms with E-state index >= 15 is 0 Å². The molecule has 1 aromatic carbocycles. The summed E-state index contributed by atoms with van der Waals surface area (Å²) in [6.45, 7) is 0. The van der Waals surface area contributed by atoms with Gasteiger partial charge in [0, 0.05) is 5.56 Å². The molecule has 16 heavy (non-hydrogen) atoms. The lowest BCUT2D eigenvalue weighted by Gasteiger charge is -1.98. The van der Waals surface area contributed by atoms with Gasteiger partial charge in [-0.1, -0.05) is 11.6 Å². The molecule has 0 aliphatic heterocycles. The van der Waals surface area contributed by atoms with Crippen molar-refractivity contribution in [2.45, 2.75) is 0 Å². The largest absolute Gasteiger partial charge is 0.443 e. The van der Waals surface area contributed by atoms with Gasteiger partial charge in [0.25, 0.3) is 0 Å². The van der Waals surface area contributed by atoms with Crippen LogP contribution in [0.15, 0.2) is 35.2 Å². The molecule has 2 heterocycles. The van der Waals surface area contributed by atoms with Crippen molar-refractivity contribution >= 4 is 22.7 Å². The van der Waals surface area contributed by atoms with Crippen molar-refractivity contribution < 1.29 is 4.42 Å². The topological polar surface area (TPSA) is 64.7 Å². The van der Waals surface area contributed by atoms with Gasteiger partial charge in [0.05, 0.1) is 6.20 Å². The fraction of sp³-hybridized carbons (Fsp3) is 0. The predicted octanol–water partition coefficient (Wildman–Crippen LogP) is 2.33. The minimum atomic E-state index is 0.308. The molecule has 0 N–H and O–H groups in total. The number of benzene rings is 1. The molecule has 0 saturated heterocycles. The highest BCUT2D eigenvalue weighted by Gasteiger charge is 2.06. The molecule has 0 amide bonds. The van der Waals surface area contributed by atoms with Gasteiger partial charge in [-0.2, -0.15) is 5.10 Å². The lowest BCUT2D eigenvalue weighted by molar-refractivity contribution is 0.602. The van der Waals surface area contributed by atoms with Crippen molar-refractivity contribution in [2.24, 2.45) is 0 Å². The Labute approximate surface area is 95.1 Å². The van der Waals surface area contributed by atoms with Crippen LogP contribution in [0.5, 0.6) is 0 Å². The number of hydrogen-bond donors (Lipinski definition) is 0. The molecule has 0 saturated carbocycles. The third-order valence-corrected chi connectivity index (χ3v) is 2.30. The normalized spacial score (nSPS) is 10.8. The molecule has 3 aromatic rings. The lowest BCUT2D eigenvalue weighted by Crippen LogP contribution is -1.91. The standard InChI is InChI=1S/C10H5ClN4O/c11-9-4-13-15-10(14-9)6-1-2-7-8(3-6)16-5-12-7/h1-5H. The fourth-order valence-electron chi connectivity index (χ4n) is 1.40. The van der Waals surface area contributed by atoms with Gasteiger partial charge in [-0.15, -0.1) is 5.10 Å². The van der Waals surface area contributed by atoms with E-state index in [0.717, 1.165) is 11.1 Å². The smallest absolute Gasteiger partial charge is 0.183 e. The third kappa shape index (κ3) is 1.51. The quantitative estimate of drug-likeness (QED) is 0.644. The van der Waals surface area contributed by atoms with Crippen LogP contribution in [-0.2, 0) is 0 Å². The summed E-state index contributed by atoms with van der Waals surface area (Å²) >= 11 is 5.74. The zero-order chi connectivity index (χ0) is 11.0. The van der Waals surface area contributed by atoms with Crippen molar-refractivity contribution in [2.75, 3.05) is 0 Å². The molecule has 0 radical (unpaired) electrons. The molecule has 0 atom stereocenters. The van der Waals surface area contributed by atoms with E-state index in [9.17, 15) is 0 Å². The van der Waals surface area contributed by atoms with Gasteiger partial charge in [-0.05, 0) is 18.2 Å². The Morgan fingerprint density at radius 3 is 3.06 bits per heavy atom. The van der Waals surface area contributed by atoms with E-state index in [2.05, 4.69) is 20.2 Å². The Morgan fingerprint density at radius 1 is 1.25 bits per heavy atom. The zero-order valence-corrected chi connectivity index (χ0v) is 8.72. The Hall–Kier alpha value is -2.01. The second-order valence-electron chi connectivity index (χ2n) is 3.14. The van der Waals surface area contributed by atoms with E-state index in [1.54, 1.807) is 6.07 Å². The number of rotatable bonds is 1. The molecule has 2 aromatic heterocycles. The SMILES string of the molecule is Clc1cnnc(-c2ccc3ncoc3c2)n1. The summed E-state index contributed by atoms with van der Waals surface area (Å²) < 4.78 is 5.19. The average Bonchev–Trinajstić information content (AvgIpc) is 2.75. The van der Waals surface area contributed by atoms with Crippen LogP contribution in [0.2, 0.25) is 5.15 Å². The molecule has 0 fully saturated rings. The van der Waals surface area contributed by atoms with Crippen LogP contribution in [-0.4, -0.2) is 20.2 Å². The first kappa shape index (κ1) is 9.23. The summed E-state index contributed by atoms with van der Waals surface area (Å²) in [5.41, 5.74) is 2.26. The average molecular weight is 233 g/mol. The van der Waals surface area contributed by atoms with Gasteiger partial charge in [0.1, 0.15) is 5.52 Å². The van der Waals surface area contributed by atoms with Crippen LogP contribution in [0, 0.1) is 0 Å². The second-order valence-corrected chi connectivity index (χ2v) is 3.52. The molecule has 0 spiro atoms. The molecular weight excluding hydrogens is 228 g/mol. The molecule has 3 rings (SSSR count). The summed E-state index contributed by atoms with van der Waals surface area (Å²) in [4.78, 5) is 8.09. The zero-order valence-electron chi connectivity index (χ0n) is 7.96. The first-order chi connectivity index (χ1) is 7.83. The number of oxazole rings is 1. The van der Waals surface area contributed by atoms with Gasteiger partial charge in [0.15, 0.2) is 23.0 Å². The summed E-state index contributed by atoms with van der Waals surface area (Å²) in [6.07, 6.45) is 2.78. The lowest BCUT2D eigenvalue weighted by atomic mass is 10.2. The molecule has 0 aliphatic carbocycles. The minimum Gasteiger partial charge on any atom is -0.443 e. The van der Waals surface area contributed by atoms with E-state index in [1.165, 1.54) is 12.6 Å². The maximum Gasteiger partial charge on any atom is 0.183 e. The van der Waals surface area contributed by atoms with Crippen molar-refractivity contribution in [3.63, 3.8) is 0 Å². The first-order valence-corrected chi connectivity index (χ1v) is 4.89. The van der Waals surface area contributed by atoms with E-state index in [4.69, 9.17) is 16.0 Å². The second kappa shape index (κ2) is 3.53. The Bertz CT molecular complexity index is 652. The van der Waals surface area contributed by atoms with E-state index in [0.29, 0.717) is 16.6 Å². The third-order valence-electron chi connectivity index (χ3n) is 2.12. The van der Waals surface area contributed by atoms with Crippen LogP contribution in [0.25, 0.3) is 22.5 Å². The van der Waals surface area contributed by atoms with E-state index < -0.39 is 0 Å². The Morgan fingerprint density at radius 2 is 2.19 bits per heavy atom. The van der Waals surface area contributed by atoms with Crippen LogP contribution >= 0.6 is 11.6 Å². The maximum absolute atomic E-state index is 5.74. The summed E-state index contributed by atoms with van der Waals surface area (Å²) in [5.74, 6) is 0.464. The number of halogens is 1. The van der Waals surface area contributed by atoms with Gasteiger partial charge in [-0.3, -0.25) is 0 Å². The van der Waals surface area contributed by atoms with Gasteiger partial charge >= 0.3 is 0 Å². The molecule has 5 nitrogen and oxygen atoms in total. The monoisotopic (exact) mass is 232 g/mol. The molecule has 78 valence electrons. The highest BCUT2D eigenvalue weighted by Crippen LogP contribution is 2.21. The Balaban J connectivity index is 2.18. The van der Waals surface area contributed by atoms with Crippen molar-refractivity contribution in [1.29, 1.82) is 0 Å². The highest BCUT2D eigenvalue weighted by atomic mass is 35.5. The van der Waals surface area contributed by atoms with E-state index in [-0.39, 0.29) is 0 Å². The van der Waals surface area contributed by atoms with Crippen molar-refractivity contribution in [3.8, 4) is 11.4 Å². The van der Waals surface area contributed by atoms with Crippen LogP contribution < -0.4 is 0 Å². The number of fused-ring (bicyclic) bond motifs is 1. The van der Waals surface area contributed by atoms with E-state index in [1.807, 2.05) is 12.1 Å². The van der Waals surface area contributed by atoms with Crippen LogP contribution in [0.3, 0.4) is 0 Å². The number of aromatic nitrogens is 4. The summed E-state index contributed by atoms with van der Waals surface area (Å²) in [6, 6.07) is 5.48. The Kier molecular flexibility index (Phi) is 2.04. The minimum absolute atomic E-state index is 0.308. The van der Waals surface area contributed by atoms with Crippen molar-refractivity contribution in [3.05, 3.63) is 35.9 Å². The molecule has 0 aliphatic rings. The van der Waals surface area contributed by atoms with Gasteiger partial charge in [-0.25, -0.2) is 9.97 Å².